The Kier molecular flexibility index (Phi) is 12.6. The predicted octanol–water partition coefficient (Wildman–Crippen LogP) is 6.99. The lowest BCUT2D eigenvalue weighted by molar-refractivity contribution is -0.119. The molecule has 0 bridgehead atoms. The van der Waals surface area contributed by atoms with Crippen molar-refractivity contribution in [1.82, 2.24) is 5.32 Å². The standard InChI is InChI=1S/C32H41N3O3/c1-6-7-8-9-10-24(3)31(36)35-28-18-14-26(15-19-28)13-11-23(2)30(33)22-12-25(4)34-32(37)27-16-20-29(38-5)21-17-27/h11-22,24H,2,6-10,33H2,1,3-5H3,(H,34,37)(H,35,36)/b13-11+,25-12+,30-22+. The summed E-state index contributed by atoms with van der Waals surface area (Å²) in [6, 6.07) is 14.5. The van der Waals surface area contributed by atoms with Crippen molar-refractivity contribution in [2.45, 2.75) is 52.9 Å². The van der Waals surface area contributed by atoms with E-state index in [4.69, 9.17) is 10.5 Å². The van der Waals surface area contributed by atoms with Gasteiger partial charge >= 0.3 is 0 Å². The van der Waals surface area contributed by atoms with Gasteiger partial charge in [-0.2, -0.15) is 0 Å². The lowest BCUT2D eigenvalue weighted by Crippen LogP contribution is -2.21. The van der Waals surface area contributed by atoms with Crippen LogP contribution in [-0.2, 0) is 4.79 Å². The molecule has 0 heterocycles. The van der Waals surface area contributed by atoms with Gasteiger partial charge in [-0.15, -0.1) is 0 Å². The molecule has 2 rings (SSSR count). The first kappa shape index (κ1) is 30.2. The number of benzene rings is 2. The topological polar surface area (TPSA) is 93.5 Å². The van der Waals surface area contributed by atoms with Crippen molar-refractivity contribution in [3.05, 3.63) is 101 Å². The summed E-state index contributed by atoms with van der Waals surface area (Å²) >= 11 is 0. The fourth-order valence-electron chi connectivity index (χ4n) is 3.60. The highest BCUT2D eigenvalue weighted by Gasteiger charge is 2.12. The van der Waals surface area contributed by atoms with Crippen molar-refractivity contribution in [1.29, 1.82) is 0 Å². The van der Waals surface area contributed by atoms with Crippen molar-refractivity contribution in [3.8, 4) is 5.75 Å². The van der Waals surface area contributed by atoms with Crippen LogP contribution in [0.4, 0.5) is 5.69 Å². The van der Waals surface area contributed by atoms with Crippen LogP contribution in [0.3, 0.4) is 0 Å². The van der Waals surface area contributed by atoms with Gasteiger partial charge in [0.25, 0.3) is 5.91 Å². The maximum atomic E-state index is 12.4. The van der Waals surface area contributed by atoms with Gasteiger partial charge in [0.2, 0.25) is 5.91 Å². The monoisotopic (exact) mass is 515 g/mol. The highest BCUT2D eigenvalue weighted by Crippen LogP contribution is 2.17. The molecule has 2 amide bonds. The molecule has 0 radical (unpaired) electrons. The van der Waals surface area contributed by atoms with Crippen LogP contribution in [-0.4, -0.2) is 18.9 Å². The first-order valence-electron chi connectivity index (χ1n) is 13.1. The second-order valence-corrected chi connectivity index (χ2v) is 9.37. The minimum absolute atomic E-state index is 0.00188. The summed E-state index contributed by atoms with van der Waals surface area (Å²) in [6.45, 7) is 9.97. The molecule has 0 aliphatic carbocycles. The predicted molar refractivity (Wildman–Crippen MR) is 158 cm³/mol. The average Bonchev–Trinajstić information content (AvgIpc) is 2.93. The van der Waals surface area contributed by atoms with Crippen LogP contribution in [0.15, 0.2) is 90.3 Å². The number of methoxy groups -OCH3 is 1. The van der Waals surface area contributed by atoms with E-state index >= 15 is 0 Å². The zero-order valence-corrected chi connectivity index (χ0v) is 23.1. The van der Waals surface area contributed by atoms with Crippen LogP contribution >= 0.6 is 0 Å². The third-order valence-corrected chi connectivity index (χ3v) is 6.14. The number of amides is 2. The molecule has 1 unspecified atom stereocenters. The quantitative estimate of drug-likeness (QED) is 0.187. The third-order valence-electron chi connectivity index (χ3n) is 6.14. The van der Waals surface area contributed by atoms with Gasteiger partial charge in [-0.05, 0) is 73.0 Å². The summed E-state index contributed by atoms with van der Waals surface area (Å²) in [5, 5.41) is 5.83. The third kappa shape index (κ3) is 10.5. The Bertz CT molecular complexity index is 1160. The average molecular weight is 516 g/mol. The summed E-state index contributed by atoms with van der Waals surface area (Å²) in [4.78, 5) is 24.8. The van der Waals surface area contributed by atoms with E-state index in [9.17, 15) is 9.59 Å². The number of hydrogen-bond donors (Lipinski definition) is 3. The fraction of sp³-hybridized carbons (Fsp3) is 0.312. The number of nitrogens with one attached hydrogen (secondary N) is 2. The first-order valence-corrected chi connectivity index (χ1v) is 13.1. The van der Waals surface area contributed by atoms with E-state index < -0.39 is 0 Å². The van der Waals surface area contributed by atoms with Crippen molar-refractivity contribution in [3.63, 3.8) is 0 Å². The number of rotatable bonds is 14. The number of hydrogen-bond acceptors (Lipinski definition) is 4. The summed E-state index contributed by atoms with van der Waals surface area (Å²) in [7, 11) is 1.58. The normalized spacial score (nSPS) is 12.7. The molecule has 2 aromatic rings. The lowest BCUT2D eigenvalue weighted by atomic mass is 10.0. The van der Waals surface area contributed by atoms with Crippen LogP contribution < -0.4 is 21.1 Å². The molecule has 6 nitrogen and oxygen atoms in total. The van der Waals surface area contributed by atoms with Crippen molar-refractivity contribution in [2.75, 3.05) is 12.4 Å². The zero-order valence-electron chi connectivity index (χ0n) is 23.1. The Morgan fingerprint density at radius 3 is 2.34 bits per heavy atom. The number of allylic oxidation sites excluding steroid dienone is 4. The number of ether oxygens (including phenoxy) is 1. The maximum absolute atomic E-state index is 12.4. The van der Waals surface area contributed by atoms with Gasteiger partial charge in [-0.1, -0.05) is 70.4 Å². The van der Waals surface area contributed by atoms with E-state index in [-0.39, 0.29) is 17.7 Å². The Balaban J connectivity index is 1.86. The van der Waals surface area contributed by atoms with Gasteiger partial charge in [0.05, 0.1) is 7.11 Å². The summed E-state index contributed by atoms with van der Waals surface area (Å²) in [5.74, 6) is 0.530. The van der Waals surface area contributed by atoms with Crippen LogP contribution in [0.2, 0.25) is 0 Å². The minimum atomic E-state index is -0.215. The van der Waals surface area contributed by atoms with Gasteiger partial charge in [0.15, 0.2) is 0 Å². The van der Waals surface area contributed by atoms with Gasteiger partial charge in [0, 0.05) is 28.6 Å². The van der Waals surface area contributed by atoms with Crippen molar-refractivity contribution < 1.29 is 14.3 Å². The van der Waals surface area contributed by atoms with E-state index in [1.54, 1.807) is 50.5 Å². The molecule has 2 aromatic carbocycles. The van der Waals surface area contributed by atoms with E-state index in [0.29, 0.717) is 28.3 Å². The van der Waals surface area contributed by atoms with Crippen molar-refractivity contribution in [2.24, 2.45) is 11.7 Å². The molecule has 1 atom stereocenters. The molecule has 202 valence electrons. The molecular formula is C32H41N3O3. The molecule has 6 heteroatoms. The summed E-state index contributed by atoms with van der Waals surface area (Å²) in [6.07, 6.45) is 12.8. The molecule has 38 heavy (non-hydrogen) atoms. The number of nitrogens with two attached hydrogens (primary N) is 1. The number of unbranched alkanes of at least 4 members (excludes halogenated alkanes) is 3. The van der Waals surface area contributed by atoms with Gasteiger partial charge in [-0.25, -0.2) is 0 Å². The lowest BCUT2D eigenvalue weighted by Gasteiger charge is -2.12. The second kappa shape index (κ2) is 15.9. The summed E-state index contributed by atoms with van der Waals surface area (Å²) in [5.41, 5.74) is 10.2. The SMILES string of the molecule is C=C(/C=C/c1ccc(NC(=O)C(C)CCCCCC)cc1)/C(N)=C\C=C(/C)NC(=O)c1ccc(OC)cc1. The molecule has 0 aliphatic heterocycles. The molecule has 0 aliphatic rings. The number of anilines is 1. The van der Waals surface area contributed by atoms with Gasteiger partial charge < -0.3 is 21.1 Å². The Hall–Kier alpha value is -4.06. The number of carbonyl (C=O) groups is 2. The Morgan fingerprint density at radius 1 is 1.03 bits per heavy atom. The molecule has 0 saturated carbocycles. The highest BCUT2D eigenvalue weighted by atomic mass is 16.5. The van der Waals surface area contributed by atoms with Crippen LogP contribution in [0, 0.1) is 5.92 Å². The van der Waals surface area contributed by atoms with E-state index in [2.05, 4.69) is 24.1 Å². The smallest absolute Gasteiger partial charge is 0.255 e. The van der Waals surface area contributed by atoms with Crippen LogP contribution in [0.5, 0.6) is 5.75 Å². The fourth-order valence-corrected chi connectivity index (χ4v) is 3.60. The highest BCUT2D eigenvalue weighted by molar-refractivity contribution is 5.95. The Labute approximate surface area is 227 Å². The molecular weight excluding hydrogens is 474 g/mol. The van der Waals surface area contributed by atoms with Crippen LogP contribution in [0.25, 0.3) is 6.08 Å². The van der Waals surface area contributed by atoms with Crippen molar-refractivity contribution >= 4 is 23.6 Å². The van der Waals surface area contributed by atoms with Gasteiger partial charge in [-0.3, -0.25) is 9.59 Å². The van der Waals surface area contributed by atoms with Crippen LogP contribution in [0.1, 0.15) is 68.8 Å². The summed E-state index contributed by atoms with van der Waals surface area (Å²) < 4.78 is 5.11. The second-order valence-electron chi connectivity index (χ2n) is 9.37. The zero-order chi connectivity index (χ0) is 27.9. The largest absolute Gasteiger partial charge is 0.497 e. The molecule has 0 spiro atoms. The Morgan fingerprint density at radius 2 is 1.71 bits per heavy atom. The minimum Gasteiger partial charge on any atom is -0.497 e. The van der Waals surface area contributed by atoms with E-state index in [1.165, 1.54) is 19.3 Å². The van der Waals surface area contributed by atoms with E-state index in [0.717, 1.165) is 24.1 Å². The molecule has 4 N–H and O–H groups in total. The first-order chi connectivity index (χ1) is 18.2. The van der Waals surface area contributed by atoms with Gasteiger partial charge in [0.1, 0.15) is 5.75 Å². The molecule has 0 saturated heterocycles. The molecule has 0 aromatic heterocycles. The van der Waals surface area contributed by atoms with E-state index in [1.807, 2.05) is 43.3 Å². The number of carbonyl (C=O) groups excluding carboxylic acids is 2. The maximum Gasteiger partial charge on any atom is 0.255 e. The molecule has 0 fully saturated rings.